The summed E-state index contributed by atoms with van der Waals surface area (Å²) in [7, 11) is 0. The fourth-order valence-corrected chi connectivity index (χ4v) is 4.93. The van der Waals surface area contributed by atoms with Crippen molar-refractivity contribution >= 4 is 17.3 Å². The highest BCUT2D eigenvalue weighted by Crippen LogP contribution is 2.36. The summed E-state index contributed by atoms with van der Waals surface area (Å²) in [6.07, 6.45) is 10.3. The number of allylic oxidation sites excluding steroid dienone is 2. The third-order valence-electron chi connectivity index (χ3n) is 5.65. The molecule has 1 heterocycles. The van der Waals surface area contributed by atoms with Crippen molar-refractivity contribution in [2.75, 3.05) is 0 Å². The first-order valence-corrected chi connectivity index (χ1v) is 12.2. The molecule has 6 heteroatoms. The van der Waals surface area contributed by atoms with E-state index in [4.69, 9.17) is 4.74 Å². The lowest BCUT2D eigenvalue weighted by Crippen LogP contribution is -2.20. The van der Waals surface area contributed by atoms with E-state index in [-0.39, 0.29) is 23.9 Å². The summed E-state index contributed by atoms with van der Waals surface area (Å²) in [4.78, 5) is 14.1. The first kappa shape index (κ1) is 25.8. The Morgan fingerprint density at radius 2 is 2.03 bits per heavy atom. The number of hydrogen-bond acceptors (Lipinski definition) is 6. The second kappa shape index (κ2) is 13.2. The zero-order valence-electron chi connectivity index (χ0n) is 18.9. The molecule has 1 fully saturated rings. The van der Waals surface area contributed by atoms with Crippen LogP contribution in [0.4, 0.5) is 0 Å². The van der Waals surface area contributed by atoms with Crippen molar-refractivity contribution in [2.45, 2.75) is 90.1 Å². The van der Waals surface area contributed by atoms with Gasteiger partial charge in [0.1, 0.15) is 0 Å². The lowest BCUT2D eigenvalue weighted by Gasteiger charge is -2.19. The van der Waals surface area contributed by atoms with E-state index in [1.165, 1.54) is 9.75 Å². The van der Waals surface area contributed by atoms with Gasteiger partial charge >= 0.3 is 5.97 Å². The van der Waals surface area contributed by atoms with E-state index in [0.717, 1.165) is 19.3 Å². The number of thiophene rings is 1. The van der Waals surface area contributed by atoms with Crippen LogP contribution in [0.5, 0.6) is 0 Å². The third-order valence-corrected chi connectivity index (χ3v) is 6.71. The van der Waals surface area contributed by atoms with Gasteiger partial charge in [0.25, 0.3) is 0 Å². The summed E-state index contributed by atoms with van der Waals surface area (Å²) in [5.74, 6) is -0.407. The zero-order chi connectivity index (χ0) is 22.8. The van der Waals surface area contributed by atoms with Crippen molar-refractivity contribution in [1.29, 1.82) is 0 Å². The van der Waals surface area contributed by atoms with Crippen LogP contribution in [-0.2, 0) is 16.0 Å². The van der Waals surface area contributed by atoms with E-state index in [0.29, 0.717) is 25.7 Å². The predicted molar refractivity (Wildman–Crippen MR) is 125 cm³/mol. The van der Waals surface area contributed by atoms with Gasteiger partial charge in [0, 0.05) is 28.5 Å². The molecule has 2 rings (SSSR count). The second-order valence-corrected chi connectivity index (χ2v) is 10.1. The lowest BCUT2D eigenvalue weighted by molar-refractivity contribution is -0.147. The van der Waals surface area contributed by atoms with Gasteiger partial charge in [-0.25, -0.2) is 0 Å². The zero-order valence-corrected chi connectivity index (χ0v) is 19.8. The van der Waals surface area contributed by atoms with Gasteiger partial charge in [0.05, 0.1) is 24.4 Å². The maximum absolute atomic E-state index is 11.5. The van der Waals surface area contributed by atoms with Crippen molar-refractivity contribution in [3.8, 4) is 0 Å². The molecule has 1 aromatic heterocycles. The van der Waals surface area contributed by atoms with Crippen molar-refractivity contribution in [1.82, 2.24) is 0 Å². The molecule has 0 bridgehead atoms. The molecule has 3 unspecified atom stereocenters. The number of aryl methyl sites for hydroxylation is 2. The van der Waals surface area contributed by atoms with Gasteiger partial charge in [-0.2, -0.15) is 0 Å². The summed E-state index contributed by atoms with van der Waals surface area (Å²) in [6, 6.07) is 4.19. The average Bonchev–Trinajstić information content (AvgIpc) is 3.22. The number of carbonyl (C=O) groups excluding carboxylic acids is 1. The van der Waals surface area contributed by atoms with Crippen LogP contribution >= 0.6 is 11.3 Å². The molecular formula is C25H38O5S. The first-order valence-electron chi connectivity index (χ1n) is 11.4. The van der Waals surface area contributed by atoms with E-state index in [9.17, 15) is 20.1 Å². The van der Waals surface area contributed by atoms with Crippen LogP contribution in [0.15, 0.2) is 36.4 Å². The minimum absolute atomic E-state index is 0.0689. The Hall–Kier alpha value is -1.47. The number of carbonyl (C=O) groups is 1. The number of aliphatic hydroxyl groups excluding tert-OH is 3. The van der Waals surface area contributed by atoms with Crippen LogP contribution in [0.25, 0.3) is 0 Å². The molecule has 0 aliphatic heterocycles. The molecule has 3 N–H and O–H groups in total. The molecule has 1 aromatic rings. The molecule has 0 radical (unpaired) electrons. The predicted octanol–water partition coefficient (Wildman–Crippen LogP) is 4.33. The van der Waals surface area contributed by atoms with Gasteiger partial charge < -0.3 is 20.1 Å². The number of ether oxygens (including phenoxy) is 1. The Labute approximate surface area is 190 Å². The highest BCUT2D eigenvalue weighted by molar-refractivity contribution is 7.11. The Morgan fingerprint density at radius 3 is 2.71 bits per heavy atom. The van der Waals surface area contributed by atoms with Gasteiger partial charge in [0.2, 0.25) is 0 Å². The molecular weight excluding hydrogens is 412 g/mol. The molecule has 1 aliphatic rings. The molecule has 174 valence electrons. The standard InChI is InChI=1S/C25H38O5S/c1-17(2)30-25(29)9-7-5-4-6-8-21-22(24(28)16-23(21)27)15-12-19(26)11-14-20-13-10-18(3)31-20/h4,6,10,12-13,15,17,19,21-24,26-28H,5,7-9,11,14,16H2,1-3H3/t19?,21-,22-,23?,24?/m1/s1. The van der Waals surface area contributed by atoms with Crippen LogP contribution in [0.2, 0.25) is 0 Å². The Morgan fingerprint density at radius 1 is 1.26 bits per heavy atom. The maximum atomic E-state index is 11.5. The number of aliphatic hydroxyl groups is 3. The number of esters is 1. The number of rotatable bonds is 12. The van der Waals surface area contributed by atoms with Gasteiger partial charge in [-0.05, 0) is 70.9 Å². The fraction of sp³-hybridized carbons (Fsp3) is 0.640. The largest absolute Gasteiger partial charge is 0.463 e. The maximum Gasteiger partial charge on any atom is 0.306 e. The van der Waals surface area contributed by atoms with Gasteiger partial charge in [0.15, 0.2) is 0 Å². The smallest absolute Gasteiger partial charge is 0.306 e. The molecule has 1 saturated carbocycles. The molecule has 31 heavy (non-hydrogen) atoms. The molecule has 0 amide bonds. The summed E-state index contributed by atoms with van der Waals surface area (Å²) in [5.41, 5.74) is 0. The minimum Gasteiger partial charge on any atom is -0.463 e. The summed E-state index contributed by atoms with van der Waals surface area (Å²) in [5, 5.41) is 31.0. The average molecular weight is 451 g/mol. The highest BCUT2D eigenvalue weighted by Gasteiger charge is 2.39. The van der Waals surface area contributed by atoms with E-state index < -0.39 is 18.3 Å². The quantitative estimate of drug-likeness (QED) is 0.251. The van der Waals surface area contributed by atoms with E-state index in [2.05, 4.69) is 19.1 Å². The number of unbranched alkanes of at least 4 members (excludes halogenated alkanes) is 1. The Kier molecular flexibility index (Phi) is 10.9. The van der Waals surface area contributed by atoms with Gasteiger partial charge in [-0.1, -0.05) is 24.3 Å². The van der Waals surface area contributed by atoms with Crippen molar-refractivity contribution in [2.24, 2.45) is 11.8 Å². The van der Waals surface area contributed by atoms with Crippen LogP contribution in [0.1, 0.15) is 62.1 Å². The minimum atomic E-state index is -0.595. The van der Waals surface area contributed by atoms with Gasteiger partial charge in [-0.15, -0.1) is 11.3 Å². The first-order chi connectivity index (χ1) is 14.8. The molecule has 0 spiro atoms. The summed E-state index contributed by atoms with van der Waals surface area (Å²) in [6.45, 7) is 5.76. The van der Waals surface area contributed by atoms with Crippen molar-refractivity contribution < 1.29 is 24.9 Å². The van der Waals surface area contributed by atoms with Gasteiger partial charge in [-0.3, -0.25) is 4.79 Å². The lowest BCUT2D eigenvalue weighted by atomic mass is 9.89. The highest BCUT2D eigenvalue weighted by atomic mass is 32.1. The molecule has 0 aromatic carbocycles. The van der Waals surface area contributed by atoms with E-state index >= 15 is 0 Å². The SMILES string of the molecule is Cc1ccc(CCC(O)C=C[C@H]2C(O)CC(O)[C@@H]2CC=CCCCC(=O)OC(C)C)s1. The van der Waals surface area contributed by atoms with Crippen LogP contribution in [-0.4, -0.2) is 45.7 Å². The molecule has 1 aliphatic carbocycles. The number of hydrogen-bond donors (Lipinski definition) is 3. The van der Waals surface area contributed by atoms with Crippen molar-refractivity contribution in [3.05, 3.63) is 46.2 Å². The topological polar surface area (TPSA) is 87.0 Å². The van der Waals surface area contributed by atoms with Crippen LogP contribution < -0.4 is 0 Å². The normalized spacial score (nSPS) is 25.1. The van der Waals surface area contributed by atoms with E-state index in [1.54, 1.807) is 17.4 Å². The van der Waals surface area contributed by atoms with Crippen LogP contribution in [0, 0.1) is 18.8 Å². The monoisotopic (exact) mass is 450 g/mol. The van der Waals surface area contributed by atoms with Crippen molar-refractivity contribution in [3.63, 3.8) is 0 Å². The summed E-state index contributed by atoms with van der Waals surface area (Å²) >= 11 is 1.75. The van der Waals surface area contributed by atoms with Crippen LogP contribution in [0.3, 0.4) is 0 Å². The summed E-state index contributed by atoms with van der Waals surface area (Å²) < 4.78 is 5.12. The Balaban J connectivity index is 1.76. The third kappa shape index (κ3) is 9.27. The second-order valence-electron chi connectivity index (χ2n) is 8.75. The fourth-order valence-electron chi connectivity index (χ4n) is 4.03. The Bertz CT molecular complexity index is 723. The molecule has 0 saturated heterocycles. The molecule has 5 nitrogen and oxygen atoms in total. The van der Waals surface area contributed by atoms with E-state index in [1.807, 2.05) is 32.1 Å². The molecule has 5 atom stereocenters.